The van der Waals surface area contributed by atoms with E-state index < -0.39 is 0 Å². The van der Waals surface area contributed by atoms with Crippen LogP contribution in [0.15, 0.2) is 60.7 Å². The van der Waals surface area contributed by atoms with Crippen LogP contribution in [0.2, 0.25) is 0 Å². The second-order valence-corrected chi connectivity index (χ2v) is 9.67. The van der Waals surface area contributed by atoms with Gasteiger partial charge in [0.25, 0.3) is 0 Å². The third kappa shape index (κ3) is 9.32. The van der Waals surface area contributed by atoms with Crippen molar-refractivity contribution in [1.82, 2.24) is 0 Å². The summed E-state index contributed by atoms with van der Waals surface area (Å²) < 4.78 is 30.5. The maximum atomic E-state index is 6.20. The van der Waals surface area contributed by atoms with Crippen LogP contribution in [0, 0.1) is 0 Å². The molecule has 0 saturated heterocycles. The van der Waals surface area contributed by atoms with Gasteiger partial charge in [0.2, 0.25) is 0 Å². The topological polar surface area (TPSA) is 46.2 Å². The quantitative estimate of drug-likeness (QED) is 0.305. The highest BCUT2D eigenvalue weighted by Crippen LogP contribution is 2.26. The van der Waals surface area contributed by atoms with Gasteiger partial charge in [-0.15, -0.1) is 0 Å². The molecule has 2 fully saturated rings. The third-order valence-electron chi connectivity index (χ3n) is 7.02. The number of benzene rings is 2. The molecule has 192 valence electrons. The lowest BCUT2D eigenvalue weighted by Crippen LogP contribution is -2.36. The van der Waals surface area contributed by atoms with E-state index in [4.69, 9.17) is 23.7 Å². The molecule has 2 aliphatic carbocycles. The second-order valence-electron chi connectivity index (χ2n) is 9.67. The summed E-state index contributed by atoms with van der Waals surface area (Å²) in [5, 5.41) is 0. The van der Waals surface area contributed by atoms with Crippen LogP contribution in [0.5, 0.6) is 0 Å². The molecule has 4 atom stereocenters. The molecular weight excluding hydrogens is 440 g/mol. The Kier molecular flexibility index (Phi) is 11.6. The summed E-state index contributed by atoms with van der Waals surface area (Å²) >= 11 is 0. The van der Waals surface area contributed by atoms with Crippen LogP contribution in [0.3, 0.4) is 0 Å². The van der Waals surface area contributed by atoms with E-state index in [-0.39, 0.29) is 24.4 Å². The SMILES string of the molecule is c1ccc(CO[C@H]2CCCC[C@H]2OCCOCCO[C@@H]2CCCC[C@@H]2OCc2ccccc2)cc1. The molecule has 0 N–H and O–H groups in total. The van der Waals surface area contributed by atoms with Crippen molar-refractivity contribution in [2.45, 2.75) is 89.0 Å². The van der Waals surface area contributed by atoms with Gasteiger partial charge in [-0.25, -0.2) is 0 Å². The molecular formula is C30H42O5. The van der Waals surface area contributed by atoms with Gasteiger partial charge in [-0.05, 0) is 36.8 Å². The van der Waals surface area contributed by atoms with Gasteiger partial charge in [0.1, 0.15) is 0 Å². The Labute approximate surface area is 211 Å². The summed E-state index contributed by atoms with van der Waals surface area (Å²) in [5.74, 6) is 0. The summed E-state index contributed by atoms with van der Waals surface area (Å²) in [7, 11) is 0. The van der Waals surface area contributed by atoms with Crippen LogP contribution in [0.4, 0.5) is 0 Å². The normalized spacial score (nSPS) is 24.9. The molecule has 2 saturated carbocycles. The van der Waals surface area contributed by atoms with E-state index in [1.165, 1.54) is 36.8 Å². The van der Waals surface area contributed by atoms with Crippen LogP contribution in [0.1, 0.15) is 62.5 Å². The predicted molar refractivity (Wildman–Crippen MR) is 137 cm³/mol. The number of hydrogen-bond donors (Lipinski definition) is 0. The molecule has 5 nitrogen and oxygen atoms in total. The Hall–Kier alpha value is -1.76. The van der Waals surface area contributed by atoms with Crippen molar-refractivity contribution in [2.75, 3.05) is 26.4 Å². The van der Waals surface area contributed by atoms with E-state index >= 15 is 0 Å². The molecule has 0 unspecified atom stereocenters. The van der Waals surface area contributed by atoms with Crippen LogP contribution >= 0.6 is 0 Å². The Balaban J connectivity index is 1.07. The molecule has 4 rings (SSSR count). The van der Waals surface area contributed by atoms with Gasteiger partial charge >= 0.3 is 0 Å². The van der Waals surface area contributed by atoms with Gasteiger partial charge in [0.15, 0.2) is 0 Å². The van der Waals surface area contributed by atoms with Gasteiger partial charge < -0.3 is 23.7 Å². The van der Waals surface area contributed by atoms with Gasteiger partial charge in [-0.2, -0.15) is 0 Å². The van der Waals surface area contributed by atoms with Crippen molar-refractivity contribution in [3.8, 4) is 0 Å². The molecule has 2 aliphatic rings. The minimum absolute atomic E-state index is 0.164. The maximum absolute atomic E-state index is 6.20. The van der Waals surface area contributed by atoms with Crippen LogP contribution in [0.25, 0.3) is 0 Å². The molecule has 0 bridgehead atoms. The lowest BCUT2D eigenvalue weighted by atomic mass is 9.94. The van der Waals surface area contributed by atoms with E-state index in [1.54, 1.807) is 0 Å². The molecule has 0 spiro atoms. The van der Waals surface area contributed by atoms with Gasteiger partial charge in [-0.3, -0.25) is 0 Å². The fourth-order valence-electron chi connectivity index (χ4n) is 5.06. The molecule has 0 heterocycles. The third-order valence-corrected chi connectivity index (χ3v) is 7.02. The van der Waals surface area contributed by atoms with Gasteiger partial charge in [0.05, 0.1) is 64.1 Å². The van der Waals surface area contributed by atoms with Gasteiger partial charge in [0, 0.05) is 0 Å². The van der Waals surface area contributed by atoms with E-state index in [9.17, 15) is 0 Å². The summed E-state index contributed by atoms with van der Waals surface area (Å²) in [6, 6.07) is 20.7. The smallest absolute Gasteiger partial charge is 0.0841 e. The van der Waals surface area contributed by atoms with E-state index in [2.05, 4.69) is 48.5 Å². The molecule has 2 aromatic rings. The van der Waals surface area contributed by atoms with Crippen molar-refractivity contribution in [3.05, 3.63) is 71.8 Å². The largest absolute Gasteiger partial charge is 0.377 e. The van der Waals surface area contributed by atoms with E-state index in [0.29, 0.717) is 39.6 Å². The predicted octanol–water partition coefficient (Wildman–Crippen LogP) is 6.09. The Morgan fingerprint density at radius 3 is 1.23 bits per heavy atom. The van der Waals surface area contributed by atoms with Crippen molar-refractivity contribution < 1.29 is 23.7 Å². The highest BCUT2D eigenvalue weighted by molar-refractivity contribution is 5.14. The second kappa shape index (κ2) is 15.4. The first-order chi connectivity index (χ1) is 17.4. The first-order valence-electron chi connectivity index (χ1n) is 13.5. The fraction of sp³-hybridized carbons (Fsp3) is 0.600. The van der Waals surface area contributed by atoms with Crippen LogP contribution in [-0.2, 0) is 36.9 Å². The zero-order chi connectivity index (χ0) is 24.0. The van der Waals surface area contributed by atoms with Crippen molar-refractivity contribution in [1.29, 1.82) is 0 Å². The fourth-order valence-corrected chi connectivity index (χ4v) is 5.06. The molecule has 2 aromatic carbocycles. The first kappa shape index (κ1) is 26.3. The number of ether oxygens (including phenoxy) is 5. The van der Waals surface area contributed by atoms with Crippen LogP contribution < -0.4 is 0 Å². The van der Waals surface area contributed by atoms with Crippen molar-refractivity contribution >= 4 is 0 Å². The summed E-state index contributed by atoms with van der Waals surface area (Å²) in [5.41, 5.74) is 2.43. The highest BCUT2D eigenvalue weighted by atomic mass is 16.6. The van der Waals surface area contributed by atoms with Gasteiger partial charge in [-0.1, -0.05) is 86.3 Å². The average molecular weight is 483 g/mol. The first-order valence-corrected chi connectivity index (χ1v) is 13.5. The maximum Gasteiger partial charge on any atom is 0.0841 e. The molecule has 0 amide bonds. The van der Waals surface area contributed by atoms with E-state index in [1.807, 2.05) is 12.1 Å². The Morgan fingerprint density at radius 2 is 0.829 bits per heavy atom. The summed E-state index contributed by atoms with van der Waals surface area (Å²) in [6.45, 7) is 3.67. The minimum Gasteiger partial charge on any atom is -0.377 e. The standard InChI is InChI=1S/C30H42O5/c1-3-11-25(12-4-1)23-34-29-17-9-7-15-27(29)32-21-19-31-20-22-33-28-16-8-10-18-30(28)35-24-26-13-5-2-6-14-26/h1-6,11-14,27-30H,7-10,15-24H2/t27-,28-,29+,30+/m1/s1. The molecule has 35 heavy (non-hydrogen) atoms. The van der Waals surface area contributed by atoms with Crippen molar-refractivity contribution in [2.24, 2.45) is 0 Å². The zero-order valence-corrected chi connectivity index (χ0v) is 21.0. The molecule has 5 heteroatoms. The summed E-state index contributed by atoms with van der Waals surface area (Å²) in [4.78, 5) is 0. The lowest BCUT2D eigenvalue weighted by molar-refractivity contribution is -0.118. The molecule has 0 aliphatic heterocycles. The zero-order valence-electron chi connectivity index (χ0n) is 21.0. The monoisotopic (exact) mass is 482 g/mol. The van der Waals surface area contributed by atoms with Crippen LogP contribution in [-0.4, -0.2) is 50.8 Å². The minimum atomic E-state index is 0.164. The molecule has 0 radical (unpaired) electrons. The Morgan fingerprint density at radius 1 is 0.457 bits per heavy atom. The summed E-state index contributed by atoms with van der Waals surface area (Å²) in [6.07, 6.45) is 9.78. The molecule has 0 aromatic heterocycles. The average Bonchev–Trinajstić information content (AvgIpc) is 2.92. The van der Waals surface area contributed by atoms with Crippen molar-refractivity contribution in [3.63, 3.8) is 0 Å². The Bertz CT molecular complexity index is 731. The number of hydrogen-bond acceptors (Lipinski definition) is 5. The highest BCUT2D eigenvalue weighted by Gasteiger charge is 2.27. The van der Waals surface area contributed by atoms with E-state index in [0.717, 1.165) is 25.7 Å². The number of rotatable bonds is 14. The lowest BCUT2D eigenvalue weighted by Gasteiger charge is -2.32.